The van der Waals surface area contributed by atoms with Gasteiger partial charge in [-0.15, -0.1) is 0 Å². The molecule has 1 atom stereocenters. The van der Waals surface area contributed by atoms with Crippen molar-refractivity contribution in [2.45, 2.75) is 31.7 Å². The highest BCUT2D eigenvalue weighted by Gasteiger charge is 2.30. The number of carbonyl (C=O) groups is 1. The lowest BCUT2D eigenvalue weighted by atomic mass is 9.97. The summed E-state index contributed by atoms with van der Waals surface area (Å²) in [5.41, 5.74) is 0.423. The van der Waals surface area contributed by atoms with Crippen LogP contribution in [0.3, 0.4) is 0 Å². The van der Waals surface area contributed by atoms with Gasteiger partial charge >= 0.3 is 0 Å². The maximum atomic E-state index is 12.1. The van der Waals surface area contributed by atoms with Crippen molar-refractivity contribution in [1.82, 2.24) is 10.3 Å². The number of anilines is 1. The Morgan fingerprint density at radius 1 is 1.40 bits per heavy atom. The van der Waals surface area contributed by atoms with Crippen LogP contribution in [0.5, 0.6) is 0 Å². The topological polar surface area (TPSA) is 69.0 Å². The highest BCUT2D eigenvalue weighted by atomic mass is 16.2. The van der Waals surface area contributed by atoms with Crippen molar-refractivity contribution in [3.05, 3.63) is 23.9 Å². The molecule has 1 aromatic rings. The van der Waals surface area contributed by atoms with Crippen LogP contribution in [0.1, 0.15) is 31.4 Å². The van der Waals surface area contributed by atoms with E-state index in [1.165, 1.54) is 0 Å². The fourth-order valence-electron chi connectivity index (χ4n) is 2.61. The second-order valence-corrected chi connectivity index (χ2v) is 5.56. The van der Waals surface area contributed by atoms with Gasteiger partial charge in [-0.2, -0.15) is 5.26 Å². The highest BCUT2D eigenvalue weighted by molar-refractivity contribution is 5.80. The third kappa shape index (κ3) is 2.90. The molecular weight excluding hydrogens is 252 g/mol. The Bertz CT molecular complexity index is 547. The van der Waals surface area contributed by atoms with E-state index in [0.717, 1.165) is 38.0 Å². The molecule has 1 aromatic heterocycles. The molecule has 0 bridgehead atoms. The summed E-state index contributed by atoms with van der Waals surface area (Å²) in [6.45, 7) is 1.59. The number of pyridine rings is 1. The van der Waals surface area contributed by atoms with Gasteiger partial charge in [0.25, 0.3) is 0 Å². The number of hydrogen-bond acceptors (Lipinski definition) is 4. The molecule has 104 valence electrons. The van der Waals surface area contributed by atoms with Crippen molar-refractivity contribution in [3.63, 3.8) is 0 Å². The zero-order valence-electron chi connectivity index (χ0n) is 11.4. The summed E-state index contributed by atoms with van der Waals surface area (Å²) >= 11 is 0. The zero-order chi connectivity index (χ0) is 13.9. The molecule has 1 N–H and O–H groups in total. The van der Waals surface area contributed by atoms with E-state index in [4.69, 9.17) is 5.26 Å². The van der Waals surface area contributed by atoms with Gasteiger partial charge < -0.3 is 10.2 Å². The lowest BCUT2D eigenvalue weighted by Gasteiger charge is -2.32. The second kappa shape index (κ2) is 5.49. The summed E-state index contributed by atoms with van der Waals surface area (Å²) < 4.78 is 0. The van der Waals surface area contributed by atoms with Crippen molar-refractivity contribution >= 4 is 11.7 Å². The van der Waals surface area contributed by atoms with Crippen molar-refractivity contribution in [3.8, 4) is 6.07 Å². The number of rotatable bonds is 3. The number of amides is 1. The van der Waals surface area contributed by atoms with Gasteiger partial charge in [0.2, 0.25) is 5.91 Å². The molecule has 2 heterocycles. The molecule has 20 heavy (non-hydrogen) atoms. The van der Waals surface area contributed by atoms with Crippen LogP contribution in [0.15, 0.2) is 18.2 Å². The Morgan fingerprint density at radius 2 is 2.25 bits per heavy atom. The van der Waals surface area contributed by atoms with E-state index < -0.39 is 0 Å². The number of nitrogens with zero attached hydrogens (tertiary/aromatic N) is 3. The maximum absolute atomic E-state index is 12.1. The van der Waals surface area contributed by atoms with E-state index in [9.17, 15) is 4.79 Å². The minimum atomic E-state index is 0.0388. The third-order valence-corrected chi connectivity index (χ3v) is 3.89. The predicted octanol–water partition coefficient (Wildman–Crippen LogP) is 1.45. The molecule has 0 aromatic carbocycles. The molecule has 1 saturated carbocycles. The van der Waals surface area contributed by atoms with Crippen molar-refractivity contribution in [1.29, 1.82) is 5.26 Å². The molecule has 1 aliphatic heterocycles. The highest BCUT2D eigenvalue weighted by Crippen LogP contribution is 2.24. The Hall–Kier alpha value is -2.09. The Labute approximate surface area is 118 Å². The lowest BCUT2D eigenvalue weighted by Crippen LogP contribution is -2.44. The molecule has 5 nitrogen and oxygen atoms in total. The van der Waals surface area contributed by atoms with Gasteiger partial charge in [0, 0.05) is 19.1 Å². The third-order valence-electron chi connectivity index (χ3n) is 3.89. The SMILES string of the molecule is N#Cc1cccc(N2CCCC(C(=O)NC3CC3)C2)n1. The first-order chi connectivity index (χ1) is 9.76. The summed E-state index contributed by atoms with van der Waals surface area (Å²) in [6, 6.07) is 7.92. The number of carbonyl (C=O) groups excluding carboxylic acids is 1. The first-order valence-electron chi connectivity index (χ1n) is 7.19. The maximum Gasteiger partial charge on any atom is 0.225 e. The number of hydrogen-bond donors (Lipinski definition) is 1. The van der Waals surface area contributed by atoms with Gasteiger partial charge in [-0.3, -0.25) is 4.79 Å². The van der Waals surface area contributed by atoms with Crippen LogP contribution in [0, 0.1) is 17.2 Å². The van der Waals surface area contributed by atoms with Crippen LogP contribution in [0.25, 0.3) is 0 Å². The van der Waals surface area contributed by atoms with E-state index in [1.807, 2.05) is 12.1 Å². The van der Waals surface area contributed by atoms with E-state index >= 15 is 0 Å². The Morgan fingerprint density at radius 3 is 3.00 bits per heavy atom. The van der Waals surface area contributed by atoms with Gasteiger partial charge in [-0.25, -0.2) is 4.98 Å². The van der Waals surface area contributed by atoms with E-state index in [1.54, 1.807) is 6.07 Å². The summed E-state index contributed by atoms with van der Waals surface area (Å²) in [5, 5.41) is 12.0. The van der Waals surface area contributed by atoms with Gasteiger partial charge in [0.1, 0.15) is 17.6 Å². The molecule has 1 aliphatic carbocycles. The summed E-state index contributed by atoms with van der Waals surface area (Å²) in [7, 11) is 0. The van der Waals surface area contributed by atoms with E-state index in [0.29, 0.717) is 18.3 Å². The first kappa shape index (κ1) is 12.9. The van der Waals surface area contributed by atoms with Crippen LogP contribution in [0.2, 0.25) is 0 Å². The number of piperidine rings is 1. The average Bonchev–Trinajstić information content (AvgIpc) is 3.31. The lowest BCUT2D eigenvalue weighted by molar-refractivity contribution is -0.125. The Kier molecular flexibility index (Phi) is 3.55. The van der Waals surface area contributed by atoms with Crippen molar-refractivity contribution in [2.24, 2.45) is 5.92 Å². The molecule has 0 radical (unpaired) electrons. The zero-order valence-corrected chi connectivity index (χ0v) is 11.4. The smallest absolute Gasteiger partial charge is 0.225 e. The molecule has 1 amide bonds. The van der Waals surface area contributed by atoms with E-state index in [2.05, 4.69) is 21.3 Å². The fraction of sp³-hybridized carbons (Fsp3) is 0.533. The molecule has 5 heteroatoms. The van der Waals surface area contributed by atoms with Crippen LogP contribution in [-0.4, -0.2) is 30.0 Å². The van der Waals surface area contributed by atoms with Gasteiger partial charge in [0.05, 0.1) is 5.92 Å². The molecule has 1 saturated heterocycles. The standard InChI is InChI=1S/C15H18N4O/c16-9-13-4-1-5-14(17-13)19-8-2-3-11(10-19)15(20)18-12-6-7-12/h1,4-5,11-12H,2-3,6-8,10H2,(H,18,20). The number of nitriles is 1. The van der Waals surface area contributed by atoms with E-state index in [-0.39, 0.29) is 11.8 Å². The fourth-order valence-corrected chi connectivity index (χ4v) is 2.61. The largest absolute Gasteiger partial charge is 0.356 e. The van der Waals surface area contributed by atoms with Gasteiger partial charge in [-0.05, 0) is 37.8 Å². The van der Waals surface area contributed by atoms with Crippen LogP contribution in [0.4, 0.5) is 5.82 Å². The molecule has 1 unspecified atom stereocenters. The van der Waals surface area contributed by atoms with Crippen molar-refractivity contribution < 1.29 is 4.79 Å². The monoisotopic (exact) mass is 270 g/mol. The average molecular weight is 270 g/mol. The van der Waals surface area contributed by atoms with Crippen LogP contribution in [-0.2, 0) is 4.79 Å². The summed E-state index contributed by atoms with van der Waals surface area (Å²) in [5.74, 6) is 1.01. The van der Waals surface area contributed by atoms with Gasteiger partial charge in [-0.1, -0.05) is 6.07 Å². The normalized spacial score (nSPS) is 22.1. The predicted molar refractivity (Wildman–Crippen MR) is 75.1 cm³/mol. The first-order valence-corrected chi connectivity index (χ1v) is 7.19. The van der Waals surface area contributed by atoms with Crippen LogP contribution < -0.4 is 10.2 Å². The summed E-state index contributed by atoms with van der Waals surface area (Å²) in [4.78, 5) is 18.6. The Balaban J connectivity index is 1.67. The number of aromatic nitrogens is 1. The molecule has 2 aliphatic rings. The molecule has 0 spiro atoms. The van der Waals surface area contributed by atoms with Gasteiger partial charge in [0.15, 0.2) is 0 Å². The van der Waals surface area contributed by atoms with Crippen molar-refractivity contribution in [2.75, 3.05) is 18.0 Å². The number of nitrogens with one attached hydrogen (secondary N) is 1. The minimum Gasteiger partial charge on any atom is -0.356 e. The quantitative estimate of drug-likeness (QED) is 0.902. The molecular formula is C15H18N4O. The molecule has 2 fully saturated rings. The minimum absolute atomic E-state index is 0.0388. The van der Waals surface area contributed by atoms with Crippen LogP contribution >= 0.6 is 0 Å². The summed E-state index contributed by atoms with van der Waals surface area (Å²) in [6.07, 6.45) is 4.16. The second-order valence-electron chi connectivity index (χ2n) is 5.56. The molecule has 3 rings (SSSR count).